The van der Waals surface area contributed by atoms with Gasteiger partial charge in [-0.3, -0.25) is 4.79 Å². The minimum atomic E-state index is -0.838. The fourth-order valence-corrected chi connectivity index (χ4v) is 5.40. The van der Waals surface area contributed by atoms with E-state index in [1.165, 1.54) is 11.1 Å². The van der Waals surface area contributed by atoms with Crippen LogP contribution in [0.4, 0.5) is 0 Å². The fourth-order valence-electron chi connectivity index (χ4n) is 5.21. The first-order valence-corrected chi connectivity index (χ1v) is 13.2. The third-order valence-electron chi connectivity index (χ3n) is 6.85. The van der Waals surface area contributed by atoms with Gasteiger partial charge in [-0.25, -0.2) is 0 Å². The molecule has 0 radical (unpaired) electrons. The van der Waals surface area contributed by atoms with E-state index < -0.39 is 12.1 Å². The Bertz CT molecular complexity index is 952. The smallest absolute Gasteiger partial charge is 0.303 e. The molecule has 35 heavy (non-hydrogen) atoms. The van der Waals surface area contributed by atoms with Crippen LogP contribution < -0.4 is 5.32 Å². The highest BCUT2D eigenvalue weighted by atomic mass is 35.5. The Morgan fingerprint density at radius 3 is 2.51 bits per heavy atom. The van der Waals surface area contributed by atoms with Gasteiger partial charge in [0.1, 0.15) is 0 Å². The number of carboxylic acids is 1. The van der Waals surface area contributed by atoms with Crippen LogP contribution in [0.25, 0.3) is 0 Å². The van der Waals surface area contributed by atoms with Crippen molar-refractivity contribution in [2.75, 3.05) is 13.2 Å². The molecule has 2 aromatic rings. The highest BCUT2D eigenvalue weighted by Crippen LogP contribution is 2.32. The summed E-state index contributed by atoms with van der Waals surface area (Å²) in [5, 5.41) is 23.9. The van der Waals surface area contributed by atoms with E-state index >= 15 is 0 Å². The lowest BCUT2D eigenvalue weighted by Gasteiger charge is -2.31. The predicted octanol–water partition coefficient (Wildman–Crippen LogP) is 5.75. The van der Waals surface area contributed by atoms with Crippen LogP contribution >= 0.6 is 11.6 Å². The number of β-amino-alcohol motifs (C(OH)–C–C–N with tert-alkyl or cyclic N) is 1. The third kappa shape index (κ3) is 8.60. The van der Waals surface area contributed by atoms with Gasteiger partial charge < -0.3 is 20.3 Å². The second kappa shape index (κ2) is 12.9. The highest BCUT2D eigenvalue weighted by Gasteiger charge is 2.28. The van der Waals surface area contributed by atoms with E-state index in [0.29, 0.717) is 23.9 Å². The van der Waals surface area contributed by atoms with E-state index in [1.54, 1.807) is 0 Å². The minimum Gasteiger partial charge on any atom is -0.481 e. The molecule has 2 atom stereocenters. The van der Waals surface area contributed by atoms with Crippen molar-refractivity contribution < 1.29 is 19.7 Å². The summed E-state index contributed by atoms with van der Waals surface area (Å²) in [7, 11) is 0. The number of fused-ring (bicyclic) bond motifs is 1. The van der Waals surface area contributed by atoms with E-state index in [4.69, 9.17) is 21.4 Å². The Kier molecular flexibility index (Phi) is 10.2. The summed E-state index contributed by atoms with van der Waals surface area (Å²) in [5.41, 5.74) is 4.70. The SMILES string of the molecule is CCC[C@@H](OC[C@H](O)CNC(C)(C)CC1Cc2ccccc2C1)c1ccc(Cl)cc1CCC(=O)O. The Balaban J connectivity index is 1.51. The predicted molar refractivity (Wildman–Crippen MR) is 141 cm³/mol. The Morgan fingerprint density at radius 2 is 1.89 bits per heavy atom. The summed E-state index contributed by atoms with van der Waals surface area (Å²) in [6.45, 7) is 7.16. The van der Waals surface area contributed by atoms with Gasteiger partial charge in [-0.2, -0.15) is 0 Å². The van der Waals surface area contributed by atoms with Gasteiger partial charge in [0.15, 0.2) is 0 Å². The molecule has 0 heterocycles. The monoisotopic (exact) mass is 501 g/mol. The zero-order valence-corrected chi connectivity index (χ0v) is 22.0. The van der Waals surface area contributed by atoms with Crippen molar-refractivity contribution in [1.82, 2.24) is 5.32 Å². The number of nitrogens with one attached hydrogen (secondary N) is 1. The van der Waals surface area contributed by atoms with Gasteiger partial charge >= 0.3 is 5.97 Å². The van der Waals surface area contributed by atoms with Crippen LogP contribution in [0, 0.1) is 5.92 Å². The summed E-state index contributed by atoms with van der Waals surface area (Å²) >= 11 is 6.18. The molecule has 192 valence electrons. The second-order valence-corrected chi connectivity index (χ2v) is 10.9. The van der Waals surface area contributed by atoms with Gasteiger partial charge in [0.2, 0.25) is 0 Å². The summed E-state index contributed by atoms with van der Waals surface area (Å²) < 4.78 is 6.18. The van der Waals surface area contributed by atoms with Gasteiger partial charge in [-0.15, -0.1) is 0 Å². The highest BCUT2D eigenvalue weighted by molar-refractivity contribution is 6.30. The molecule has 0 aromatic heterocycles. The largest absolute Gasteiger partial charge is 0.481 e. The molecule has 1 aliphatic rings. The Labute approximate surface area is 214 Å². The average molecular weight is 502 g/mol. The first-order chi connectivity index (χ1) is 16.7. The zero-order valence-electron chi connectivity index (χ0n) is 21.2. The third-order valence-corrected chi connectivity index (χ3v) is 7.09. The molecule has 6 heteroatoms. The number of halogens is 1. The summed E-state index contributed by atoms with van der Waals surface area (Å²) in [6, 6.07) is 14.3. The second-order valence-electron chi connectivity index (χ2n) is 10.5. The normalized spacial score (nSPS) is 15.7. The van der Waals surface area contributed by atoms with Crippen LogP contribution in [-0.2, 0) is 28.8 Å². The van der Waals surface area contributed by atoms with Gasteiger partial charge in [0, 0.05) is 23.5 Å². The van der Waals surface area contributed by atoms with E-state index in [2.05, 4.69) is 50.4 Å². The van der Waals surface area contributed by atoms with Crippen LogP contribution in [0.3, 0.4) is 0 Å². The van der Waals surface area contributed by atoms with Crippen LogP contribution in [-0.4, -0.2) is 41.0 Å². The summed E-state index contributed by atoms with van der Waals surface area (Å²) in [6.07, 6.45) is 4.59. The van der Waals surface area contributed by atoms with Gasteiger partial charge in [0.25, 0.3) is 0 Å². The molecule has 0 unspecified atom stereocenters. The fraction of sp³-hybridized carbons (Fsp3) is 0.552. The van der Waals surface area contributed by atoms with Crippen LogP contribution in [0.2, 0.25) is 5.02 Å². The first kappa shape index (κ1) is 27.7. The molecule has 0 saturated heterocycles. The number of benzene rings is 2. The molecule has 0 fully saturated rings. The summed E-state index contributed by atoms with van der Waals surface area (Å²) in [5.74, 6) is -0.221. The lowest BCUT2D eigenvalue weighted by molar-refractivity contribution is -0.136. The maximum Gasteiger partial charge on any atom is 0.303 e. The van der Waals surface area contributed by atoms with E-state index in [-0.39, 0.29) is 24.7 Å². The van der Waals surface area contributed by atoms with Crippen molar-refractivity contribution in [2.45, 2.75) is 83.5 Å². The molecule has 2 aromatic carbocycles. The van der Waals surface area contributed by atoms with E-state index in [9.17, 15) is 9.90 Å². The maximum atomic E-state index is 11.1. The average Bonchev–Trinajstić information content (AvgIpc) is 3.21. The van der Waals surface area contributed by atoms with E-state index in [1.807, 2.05) is 18.2 Å². The molecule has 5 nitrogen and oxygen atoms in total. The number of aliphatic hydroxyl groups excluding tert-OH is 1. The molecule has 0 aliphatic heterocycles. The molecule has 0 spiro atoms. The number of hydrogen-bond donors (Lipinski definition) is 3. The summed E-state index contributed by atoms with van der Waals surface area (Å²) in [4.78, 5) is 11.1. The van der Waals surface area contributed by atoms with Crippen molar-refractivity contribution in [2.24, 2.45) is 5.92 Å². The number of carbonyl (C=O) groups is 1. The maximum absolute atomic E-state index is 11.1. The number of aryl methyl sites for hydroxylation is 1. The minimum absolute atomic E-state index is 0.0416. The van der Waals surface area contributed by atoms with Crippen molar-refractivity contribution >= 4 is 17.6 Å². The number of ether oxygens (including phenoxy) is 1. The van der Waals surface area contributed by atoms with E-state index in [0.717, 1.165) is 43.2 Å². The van der Waals surface area contributed by atoms with Crippen molar-refractivity contribution in [3.63, 3.8) is 0 Å². The Morgan fingerprint density at radius 1 is 1.20 bits per heavy atom. The van der Waals surface area contributed by atoms with Gasteiger partial charge in [-0.05, 0) is 86.3 Å². The molecule has 3 N–H and O–H groups in total. The number of rotatable bonds is 14. The van der Waals surface area contributed by atoms with Crippen molar-refractivity contribution in [3.05, 3.63) is 69.7 Å². The zero-order chi connectivity index (χ0) is 25.4. The Hall–Kier alpha value is -1.92. The van der Waals surface area contributed by atoms with Crippen molar-refractivity contribution in [1.29, 1.82) is 0 Å². The quantitative estimate of drug-likeness (QED) is 0.307. The topological polar surface area (TPSA) is 78.8 Å². The molecular weight excluding hydrogens is 462 g/mol. The lowest BCUT2D eigenvalue weighted by atomic mass is 9.88. The number of aliphatic carboxylic acids is 1. The number of aliphatic hydroxyl groups is 1. The van der Waals surface area contributed by atoms with Crippen LogP contribution in [0.5, 0.6) is 0 Å². The van der Waals surface area contributed by atoms with Gasteiger partial charge in [0.05, 0.1) is 18.8 Å². The number of carboxylic acid groups (broad SMARTS) is 1. The molecule has 0 amide bonds. The molecular formula is C29H40ClNO4. The van der Waals surface area contributed by atoms with Crippen LogP contribution in [0.1, 0.15) is 74.8 Å². The molecule has 3 rings (SSSR count). The number of hydrogen-bond acceptors (Lipinski definition) is 4. The molecule has 1 aliphatic carbocycles. The first-order valence-electron chi connectivity index (χ1n) is 12.8. The lowest BCUT2D eigenvalue weighted by Crippen LogP contribution is -2.45. The standard InChI is InChI=1S/C29H40ClNO4/c1-4-7-27(26-12-11-24(30)16-23(26)10-13-28(33)34)35-19-25(32)18-31-29(2,3)17-20-14-21-8-5-6-9-22(21)15-20/h5-6,8-9,11-12,16,20,25,27,31-32H,4,7,10,13-15,17-19H2,1-3H3,(H,33,34)/t25-,27-/m1/s1. The molecule has 0 saturated carbocycles. The van der Waals surface area contributed by atoms with Crippen molar-refractivity contribution in [3.8, 4) is 0 Å². The van der Waals surface area contributed by atoms with Crippen LogP contribution in [0.15, 0.2) is 42.5 Å². The molecule has 0 bridgehead atoms. The van der Waals surface area contributed by atoms with Gasteiger partial charge in [-0.1, -0.05) is 55.3 Å².